The Kier molecular flexibility index (Phi) is 3.72. The van der Waals surface area contributed by atoms with Crippen LogP contribution in [0, 0.1) is 5.92 Å². The van der Waals surface area contributed by atoms with E-state index < -0.39 is 0 Å². The van der Waals surface area contributed by atoms with Gasteiger partial charge >= 0.3 is 0 Å². The van der Waals surface area contributed by atoms with Gasteiger partial charge in [-0.25, -0.2) is 0 Å². The van der Waals surface area contributed by atoms with E-state index in [-0.39, 0.29) is 0 Å². The Labute approximate surface area is 104 Å². The van der Waals surface area contributed by atoms with Crippen molar-refractivity contribution in [2.24, 2.45) is 5.92 Å². The van der Waals surface area contributed by atoms with Crippen molar-refractivity contribution < 1.29 is 5.11 Å². The largest absolute Gasteiger partial charge is 0.508 e. The molecule has 0 aliphatic carbocycles. The third kappa shape index (κ3) is 2.81. The SMILES string of the molecule is CC(C)c1cc([C@@H]2CC[C@@H](C)CN2)ccc1O. The van der Waals surface area contributed by atoms with Crippen molar-refractivity contribution in [3.05, 3.63) is 29.3 Å². The number of nitrogens with one attached hydrogen (secondary N) is 1. The topological polar surface area (TPSA) is 32.3 Å². The molecule has 0 amide bonds. The molecule has 1 aromatic carbocycles. The van der Waals surface area contributed by atoms with Crippen LogP contribution in [0.2, 0.25) is 0 Å². The van der Waals surface area contributed by atoms with E-state index in [1.165, 1.54) is 18.4 Å². The standard InChI is InChI=1S/C15H23NO/c1-10(2)13-8-12(5-7-15(13)17)14-6-4-11(3)9-16-14/h5,7-8,10-11,14,16-17H,4,6,9H2,1-3H3/t11-,14+/m1/s1. The van der Waals surface area contributed by atoms with Crippen LogP contribution in [0.25, 0.3) is 0 Å². The van der Waals surface area contributed by atoms with Crippen molar-refractivity contribution in [1.29, 1.82) is 0 Å². The average Bonchev–Trinajstić information content (AvgIpc) is 2.30. The Morgan fingerprint density at radius 3 is 2.65 bits per heavy atom. The number of aromatic hydroxyl groups is 1. The smallest absolute Gasteiger partial charge is 0.119 e. The number of rotatable bonds is 2. The summed E-state index contributed by atoms with van der Waals surface area (Å²) in [6.07, 6.45) is 2.49. The molecule has 0 radical (unpaired) electrons. The van der Waals surface area contributed by atoms with E-state index in [4.69, 9.17) is 0 Å². The molecule has 2 rings (SSSR count). The summed E-state index contributed by atoms with van der Waals surface area (Å²) in [4.78, 5) is 0. The van der Waals surface area contributed by atoms with Gasteiger partial charge in [0, 0.05) is 6.04 Å². The molecule has 2 nitrogen and oxygen atoms in total. The summed E-state index contributed by atoms with van der Waals surface area (Å²) in [5.41, 5.74) is 2.38. The molecule has 1 saturated heterocycles. The Balaban J connectivity index is 2.19. The van der Waals surface area contributed by atoms with Crippen molar-refractivity contribution in [3.8, 4) is 5.75 Å². The Morgan fingerprint density at radius 2 is 2.06 bits per heavy atom. The Bertz CT molecular complexity index is 379. The maximum Gasteiger partial charge on any atom is 0.119 e. The van der Waals surface area contributed by atoms with E-state index in [0.717, 1.165) is 18.0 Å². The summed E-state index contributed by atoms with van der Waals surface area (Å²) in [5.74, 6) is 1.58. The maximum atomic E-state index is 9.83. The van der Waals surface area contributed by atoms with Gasteiger partial charge in [-0.2, -0.15) is 0 Å². The van der Waals surface area contributed by atoms with E-state index in [0.29, 0.717) is 17.7 Å². The van der Waals surface area contributed by atoms with Gasteiger partial charge in [-0.3, -0.25) is 0 Å². The molecule has 0 saturated carbocycles. The predicted molar refractivity (Wildman–Crippen MR) is 71.3 cm³/mol. The lowest BCUT2D eigenvalue weighted by atomic mass is 9.90. The lowest BCUT2D eigenvalue weighted by Crippen LogP contribution is -2.31. The first-order valence-electron chi connectivity index (χ1n) is 6.64. The third-order valence-corrected chi connectivity index (χ3v) is 3.74. The summed E-state index contributed by atoms with van der Waals surface area (Å²) in [5, 5.41) is 13.4. The van der Waals surface area contributed by atoms with Crippen LogP contribution in [0.3, 0.4) is 0 Å². The average molecular weight is 233 g/mol. The highest BCUT2D eigenvalue weighted by Gasteiger charge is 2.20. The van der Waals surface area contributed by atoms with E-state index in [1.54, 1.807) is 0 Å². The number of benzene rings is 1. The van der Waals surface area contributed by atoms with Gasteiger partial charge in [-0.15, -0.1) is 0 Å². The normalized spacial score (nSPS) is 25.2. The molecule has 2 N–H and O–H groups in total. The summed E-state index contributed by atoms with van der Waals surface area (Å²) in [6.45, 7) is 7.63. The highest BCUT2D eigenvalue weighted by Crippen LogP contribution is 2.31. The lowest BCUT2D eigenvalue weighted by molar-refractivity contribution is 0.332. The molecular weight excluding hydrogens is 210 g/mol. The lowest BCUT2D eigenvalue weighted by Gasteiger charge is -2.28. The molecule has 0 bridgehead atoms. The molecule has 0 unspecified atom stereocenters. The number of hydrogen-bond donors (Lipinski definition) is 2. The van der Waals surface area contributed by atoms with Gasteiger partial charge in [0.2, 0.25) is 0 Å². The molecule has 1 aromatic rings. The van der Waals surface area contributed by atoms with Crippen molar-refractivity contribution in [2.45, 2.75) is 45.6 Å². The van der Waals surface area contributed by atoms with Crippen LogP contribution in [0.5, 0.6) is 5.75 Å². The van der Waals surface area contributed by atoms with Gasteiger partial charge in [0.15, 0.2) is 0 Å². The molecule has 2 heteroatoms. The van der Waals surface area contributed by atoms with Gasteiger partial charge in [0.1, 0.15) is 5.75 Å². The fraction of sp³-hybridized carbons (Fsp3) is 0.600. The van der Waals surface area contributed by atoms with Crippen LogP contribution in [-0.4, -0.2) is 11.7 Å². The van der Waals surface area contributed by atoms with Gasteiger partial charge in [0.05, 0.1) is 0 Å². The van der Waals surface area contributed by atoms with Crippen LogP contribution >= 0.6 is 0 Å². The summed E-state index contributed by atoms with van der Waals surface area (Å²) in [7, 11) is 0. The van der Waals surface area contributed by atoms with E-state index in [1.807, 2.05) is 6.07 Å². The van der Waals surface area contributed by atoms with Crippen molar-refractivity contribution in [1.82, 2.24) is 5.32 Å². The number of piperidine rings is 1. The second kappa shape index (κ2) is 5.09. The minimum absolute atomic E-state index is 0.373. The molecule has 0 spiro atoms. The van der Waals surface area contributed by atoms with Crippen LogP contribution in [-0.2, 0) is 0 Å². The maximum absolute atomic E-state index is 9.83. The monoisotopic (exact) mass is 233 g/mol. The molecular formula is C15H23NO. The molecule has 1 fully saturated rings. The van der Waals surface area contributed by atoms with Gasteiger partial charge in [-0.05, 0) is 48.4 Å². The third-order valence-electron chi connectivity index (χ3n) is 3.74. The first-order chi connectivity index (χ1) is 8.08. The first-order valence-corrected chi connectivity index (χ1v) is 6.64. The quantitative estimate of drug-likeness (QED) is 0.818. The first kappa shape index (κ1) is 12.4. The van der Waals surface area contributed by atoms with Crippen LogP contribution in [0.1, 0.15) is 56.7 Å². The molecule has 17 heavy (non-hydrogen) atoms. The Hall–Kier alpha value is -1.02. The van der Waals surface area contributed by atoms with E-state index >= 15 is 0 Å². The highest BCUT2D eigenvalue weighted by molar-refractivity contribution is 5.39. The van der Waals surface area contributed by atoms with Crippen LogP contribution < -0.4 is 5.32 Å². The molecule has 94 valence electrons. The highest BCUT2D eigenvalue weighted by atomic mass is 16.3. The van der Waals surface area contributed by atoms with Gasteiger partial charge in [0.25, 0.3) is 0 Å². The van der Waals surface area contributed by atoms with Crippen molar-refractivity contribution in [3.63, 3.8) is 0 Å². The van der Waals surface area contributed by atoms with Gasteiger partial charge in [-0.1, -0.05) is 32.9 Å². The van der Waals surface area contributed by atoms with Crippen molar-refractivity contribution >= 4 is 0 Å². The van der Waals surface area contributed by atoms with Crippen LogP contribution in [0.15, 0.2) is 18.2 Å². The summed E-state index contributed by atoms with van der Waals surface area (Å²) < 4.78 is 0. The molecule has 1 heterocycles. The zero-order valence-electron chi connectivity index (χ0n) is 11.0. The fourth-order valence-corrected chi connectivity index (χ4v) is 2.54. The Morgan fingerprint density at radius 1 is 1.29 bits per heavy atom. The van der Waals surface area contributed by atoms with E-state index in [9.17, 15) is 5.11 Å². The number of phenolic OH excluding ortho intramolecular Hbond substituents is 1. The molecule has 0 aromatic heterocycles. The van der Waals surface area contributed by atoms with Crippen molar-refractivity contribution in [2.75, 3.05) is 6.54 Å². The molecule has 2 atom stereocenters. The zero-order chi connectivity index (χ0) is 12.4. The fourth-order valence-electron chi connectivity index (χ4n) is 2.54. The zero-order valence-corrected chi connectivity index (χ0v) is 11.0. The van der Waals surface area contributed by atoms with E-state index in [2.05, 4.69) is 38.2 Å². The second-order valence-corrected chi connectivity index (χ2v) is 5.62. The minimum atomic E-state index is 0.373. The second-order valence-electron chi connectivity index (χ2n) is 5.62. The van der Waals surface area contributed by atoms with Gasteiger partial charge < -0.3 is 10.4 Å². The molecule has 1 aliphatic heterocycles. The summed E-state index contributed by atoms with van der Waals surface area (Å²) in [6, 6.07) is 6.51. The number of phenols is 1. The minimum Gasteiger partial charge on any atom is -0.508 e. The van der Waals surface area contributed by atoms with Crippen LogP contribution in [0.4, 0.5) is 0 Å². The number of hydrogen-bond acceptors (Lipinski definition) is 2. The molecule has 1 aliphatic rings. The summed E-state index contributed by atoms with van der Waals surface area (Å²) >= 11 is 0. The predicted octanol–water partition coefficient (Wildman–Crippen LogP) is 3.58.